The molecule has 1 atom stereocenters. The van der Waals surface area contributed by atoms with Gasteiger partial charge >= 0.3 is 5.97 Å². The number of amides is 1. The molecule has 0 saturated carbocycles. The molecule has 5 nitrogen and oxygen atoms in total. The van der Waals surface area contributed by atoms with E-state index in [0.29, 0.717) is 26.2 Å². The molecule has 1 aliphatic rings. The maximum absolute atomic E-state index is 12.0. The van der Waals surface area contributed by atoms with E-state index in [1.807, 2.05) is 0 Å². The van der Waals surface area contributed by atoms with Crippen LogP contribution in [0.4, 0.5) is 0 Å². The number of allylic oxidation sites excluding steroid dienone is 1. The molecule has 2 rings (SSSR count). The third-order valence-electron chi connectivity index (χ3n) is 3.33. The summed E-state index contributed by atoms with van der Waals surface area (Å²) in [6.45, 7) is 1.99. The van der Waals surface area contributed by atoms with Crippen LogP contribution in [-0.2, 0) is 14.3 Å². The first-order valence-corrected chi connectivity index (χ1v) is 8.87. The number of thioether (sulfide) groups is 1. The van der Waals surface area contributed by atoms with Gasteiger partial charge in [0.05, 0.1) is 29.0 Å². The number of carbonyl (C=O) groups is 2. The van der Waals surface area contributed by atoms with E-state index in [2.05, 4.69) is 11.4 Å². The fraction of sp³-hybridized carbons (Fsp3) is 0.312. The third kappa shape index (κ3) is 4.44. The van der Waals surface area contributed by atoms with E-state index in [1.165, 1.54) is 0 Å². The first-order valence-electron chi connectivity index (χ1n) is 7.13. The van der Waals surface area contributed by atoms with Crippen LogP contribution in [0, 0.1) is 11.3 Å². The average molecular weight is 385 g/mol. The van der Waals surface area contributed by atoms with E-state index in [9.17, 15) is 14.9 Å². The summed E-state index contributed by atoms with van der Waals surface area (Å²) in [5.41, 5.74) is 1.02. The van der Waals surface area contributed by atoms with Gasteiger partial charge in [0.1, 0.15) is 0 Å². The van der Waals surface area contributed by atoms with Crippen LogP contribution in [-0.4, -0.2) is 24.2 Å². The second-order valence-electron chi connectivity index (χ2n) is 4.92. The van der Waals surface area contributed by atoms with Crippen LogP contribution in [0.25, 0.3) is 0 Å². The first kappa shape index (κ1) is 18.7. The summed E-state index contributed by atoms with van der Waals surface area (Å²) < 4.78 is 4.86. The maximum atomic E-state index is 12.0. The molecular weight excluding hydrogens is 371 g/mol. The molecule has 1 unspecified atom stereocenters. The second kappa shape index (κ2) is 8.43. The minimum atomic E-state index is -0.474. The van der Waals surface area contributed by atoms with Crippen LogP contribution in [0.3, 0.4) is 0 Å². The Morgan fingerprint density at radius 3 is 2.88 bits per heavy atom. The van der Waals surface area contributed by atoms with Gasteiger partial charge in [-0.1, -0.05) is 41.0 Å². The Hall–Kier alpha value is -1.68. The van der Waals surface area contributed by atoms with Gasteiger partial charge in [0, 0.05) is 22.4 Å². The Labute approximate surface area is 153 Å². The van der Waals surface area contributed by atoms with Gasteiger partial charge in [-0.15, -0.1) is 0 Å². The fourth-order valence-corrected chi connectivity index (χ4v) is 3.73. The van der Waals surface area contributed by atoms with E-state index in [1.54, 1.807) is 25.1 Å². The molecule has 1 amide bonds. The third-order valence-corrected chi connectivity index (χ3v) is 4.89. The molecule has 24 heavy (non-hydrogen) atoms. The Balaban J connectivity index is 2.33. The summed E-state index contributed by atoms with van der Waals surface area (Å²) in [4.78, 5) is 23.5. The van der Waals surface area contributed by atoms with E-state index in [-0.39, 0.29) is 24.7 Å². The monoisotopic (exact) mass is 384 g/mol. The molecule has 0 bridgehead atoms. The van der Waals surface area contributed by atoms with Gasteiger partial charge in [-0.3, -0.25) is 9.59 Å². The van der Waals surface area contributed by atoms with Gasteiger partial charge in [0.15, 0.2) is 0 Å². The highest BCUT2D eigenvalue weighted by molar-refractivity contribution is 8.03. The van der Waals surface area contributed by atoms with Gasteiger partial charge < -0.3 is 10.1 Å². The number of carbonyl (C=O) groups excluding carboxylic acids is 2. The van der Waals surface area contributed by atoms with Crippen molar-refractivity contribution in [2.45, 2.75) is 19.3 Å². The smallest absolute Gasteiger partial charge is 0.316 e. The Kier molecular flexibility index (Phi) is 6.55. The normalized spacial score (nSPS) is 17.2. The molecule has 126 valence electrons. The molecule has 8 heteroatoms. The summed E-state index contributed by atoms with van der Waals surface area (Å²) in [6, 6.07) is 7.07. The molecule has 0 radical (unpaired) electrons. The number of hydrogen-bond acceptors (Lipinski definition) is 5. The molecule has 0 fully saturated rings. The van der Waals surface area contributed by atoms with Gasteiger partial charge in [0.25, 0.3) is 0 Å². The lowest BCUT2D eigenvalue weighted by molar-refractivity contribution is -0.139. The molecular formula is C16H14Cl2N2O3S. The van der Waals surface area contributed by atoms with Gasteiger partial charge in [-0.05, 0) is 24.6 Å². The SMILES string of the molecule is CCOC(=O)CSC1=C(C#N)C(c2ccc(Cl)cc2Cl)CC(=O)N1. The average Bonchev–Trinajstić information content (AvgIpc) is 2.52. The van der Waals surface area contributed by atoms with Crippen molar-refractivity contribution in [1.82, 2.24) is 5.32 Å². The lowest BCUT2D eigenvalue weighted by Crippen LogP contribution is -2.31. The summed E-state index contributed by atoms with van der Waals surface area (Å²) >= 11 is 13.2. The molecule has 1 aliphatic heterocycles. The highest BCUT2D eigenvalue weighted by Gasteiger charge is 2.31. The van der Waals surface area contributed by atoms with Crippen molar-refractivity contribution in [3.05, 3.63) is 44.4 Å². The lowest BCUT2D eigenvalue weighted by atomic mass is 9.87. The molecule has 1 aromatic rings. The summed E-state index contributed by atoms with van der Waals surface area (Å²) in [6.07, 6.45) is 0.105. The van der Waals surface area contributed by atoms with Crippen LogP contribution in [0.5, 0.6) is 0 Å². The van der Waals surface area contributed by atoms with Crippen LogP contribution in [0.1, 0.15) is 24.8 Å². The number of rotatable bonds is 5. The molecule has 1 N–H and O–H groups in total. The fourth-order valence-electron chi connectivity index (χ4n) is 2.32. The lowest BCUT2D eigenvalue weighted by Gasteiger charge is -2.25. The van der Waals surface area contributed by atoms with Crippen molar-refractivity contribution in [3.8, 4) is 6.07 Å². The number of nitrogens with one attached hydrogen (secondary N) is 1. The standard InChI is InChI=1S/C16H14Cl2N2O3S/c1-2-23-15(22)8-24-16-12(7-19)11(6-14(21)20-16)10-4-3-9(17)5-13(10)18/h3-5,11H,2,6,8H2,1H3,(H,20,21). The highest BCUT2D eigenvalue weighted by Crippen LogP contribution is 2.39. The molecule has 1 heterocycles. The first-order chi connectivity index (χ1) is 11.5. The zero-order valence-electron chi connectivity index (χ0n) is 12.8. The van der Waals surface area contributed by atoms with Crippen LogP contribution in [0.2, 0.25) is 10.0 Å². The van der Waals surface area contributed by atoms with E-state index in [4.69, 9.17) is 27.9 Å². The van der Waals surface area contributed by atoms with E-state index >= 15 is 0 Å². The zero-order valence-corrected chi connectivity index (χ0v) is 15.1. The number of esters is 1. The summed E-state index contributed by atoms with van der Waals surface area (Å²) in [7, 11) is 0. The zero-order chi connectivity index (χ0) is 17.7. The van der Waals surface area contributed by atoms with Crippen molar-refractivity contribution in [2.24, 2.45) is 0 Å². The predicted molar refractivity (Wildman–Crippen MR) is 93.7 cm³/mol. The number of nitriles is 1. The second-order valence-corrected chi connectivity index (χ2v) is 6.75. The molecule has 0 aliphatic carbocycles. The number of hydrogen-bond donors (Lipinski definition) is 1. The van der Waals surface area contributed by atoms with E-state index < -0.39 is 11.9 Å². The molecule has 1 aromatic carbocycles. The maximum Gasteiger partial charge on any atom is 0.316 e. The Bertz CT molecular complexity index is 743. The summed E-state index contributed by atoms with van der Waals surface area (Å²) in [5, 5.41) is 13.4. The van der Waals surface area contributed by atoms with Gasteiger partial charge in [-0.25, -0.2) is 0 Å². The number of benzene rings is 1. The minimum absolute atomic E-state index is 0.00963. The van der Waals surface area contributed by atoms with Crippen molar-refractivity contribution in [3.63, 3.8) is 0 Å². The molecule has 0 saturated heterocycles. The molecule has 0 spiro atoms. The molecule has 0 aromatic heterocycles. The van der Waals surface area contributed by atoms with Crippen LogP contribution >= 0.6 is 35.0 Å². The number of ether oxygens (including phenoxy) is 1. The summed E-state index contributed by atoms with van der Waals surface area (Å²) in [5.74, 6) is -1.11. The minimum Gasteiger partial charge on any atom is -0.465 e. The number of nitrogens with zero attached hydrogens (tertiary/aromatic N) is 1. The largest absolute Gasteiger partial charge is 0.465 e. The topological polar surface area (TPSA) is 79.2 Å². The van der Waals surface area contributed by atoms with Crippen LogP contribution < -0.4 is 5.32 Å². The van der Waals surface area contributed by atoms with Crippen molar-refractivity contribution < 1.29 is 14.3 Å². The van der Waals surface area contributed by atoms with E-state index in [0.717, 1.165) is 11.8 Å². The number of halogens is 2. The van der Waals surface area contributed by atoms with Crippen molar-refractivity contribution >= 4 is 46.8 Å². The predicted octanol–water partition coefficient (Wildman–Crippen LogP) is 3.63. The Morgan fingerprint density at radius 2 is 2.25 bits per heavy atom. The van der Waals surface area contributed by atoms with Gasteiger partial charge in [-0.2, -0.15) is 5.26 Å². The van der Waals surface area contributed by atoms with Gasteiger partial charge in [0.2, 0.25) is 5.91 Å². The Morgan fingerprint density at radius 1 is 1.50 bits per heavy atom. The van der Waals surface area contributed by atoms with Crippen molar-refractivity contribution in [1.29, 1.82) is 5.26 Å². The quantitative estimate of drug-likeness (QED) is 0.783. The van der Waals surface area contributed by atoms with Crippen molar-refractivity contribution in [2.75, 3.05) is 12.4 Å². The van der Waals surface area contributed by atoms with Crippen LogP contribution in [0.15, 0.2) is 28.8 Å². The highest BCUT2D eigenvalue weighted by atomic mass is 35.5.